The first kappa shape index (κ1) is 36.6. The summed E-state index contributed by atoms with van der Waals surface area (Å²) < 4.78 is 39.0. The zero-order chi connectivity index (χ0) is 32.9. The predicted octanol–water partition coefficient (Wildman–Crippen LogP) is 6.90. The van der Waals surface area contributed by atoms with Crippen molar-refractivity contribution in [3.05, 3.63) is 76.1 Å². The Hall–Kier alpha value is -3.61. The standard InChI is InChI=1S/C12H10F3N3O.C12H11NOS.C5H12.C3H10N2/c1-18-10(12(13,14)15)9(7-16-18)11(19)17-8-5-3-2-4-6-8;14-7-10-6-9-5-8-3-1-2-4-11(8)13-12(9)15-10;1-5(2,3)4;1-5-3-2-4/h2-7H,1H3,(H,17,19);5-7H,1-4H2;1-4H3;5H,2-4H2,1H3. The molecule has 0 aliphatic heterocycles. The minimum Gasteiger partial charge on any atom is -0.329 e. The van der Waals surface area contributed by atoms with Crippen LogP contribution in [0.3, 0.4) is 0 Å². The van der Waals surface area contributed by atoms with Gasteiger partial charge in [-0.2, -0.15) is 18.3 Å². The lowest BCUT2D eigenvalue weighted by molar-refractivity contribution is -0.144. The number of aldehydes is 1. The van der Waals surface area contributed by atoms with Gasteiger partial charge in [-0.15, -0.1) is 11.3 Å². The van der Waals surface area contributed by atoms with Crippen molar-refractivity contribution in [2.24, 2.45) is 18.2 Å². The fourth-order valence-corrected chi connectivity index (χ4v) is 4.82. The number of benzene rings is 1. The number of pyridine rings is 1. The Labute approximate surface area is 261 Å². The second-order valence-electron chi connectivity index (χ2n) is 11.7. The first-order chi connectivity index (χ1) is 20.7. The van der Waals surface area contributed by atoms with E-state index in [1.54, 1.807) is 30.3 Å². The Bertz CT molecular complexity index is 1430. The van der Waals surface area contributed by atoms with Crippen LogP contribution in [-0.2, 0) is 26.1 Å². The van der Waals surface area contributed by atoms with E-state index in [2.05, 4.69) is 54.5 Å². The maximum atomic E-state index is 12.8. The molecule has 0 saturated carbocycles. The molecule has 3 heterocycles. The third kappa shape index (κ3) is 12.2. The highest BCUT2D eigenvalue weighted by atomic mass is 32.1. The zero-order valence-electron chi connectivity index (χ0n) is 26.2. The maximum Gasteiger partial charge on any atom is 0.433 e. The number of alkyl halides is 3. The second kappa shape index (κ2) is 17.0. The minimum atomic E-state index is -4.63. The monoisotopic (exact) mass is 632 g/mol. The highest BCUT2D eigenvalue weighted by Gasteiger charge is 2.39. The number of aromatic nitrogens is 3. The van der Waals surface area contributed by atoms with E-state index >= 15 is 0 Å². The van der Waals surface area contributed by atoms with Gasteiger partial charge in [-0.3, -0.25) is 14.3 Å². The van der Waals surface area contributed by atoms with Gasteiger partial charge < -0.3 is 16.4 Å². The summed E-state index contributed by atoms with van der Waals surface area (Å²) >= 11 is 1.49. The number of aryl methyl sites for hydroxylation is 3. The molecule has 240 valence electrons. The molecule has 12 heteroatoms. The van der Waals surface area contributed by atoms with Crippen LogP contribution < -0.4 is 16.4 Å². The summed E-state index contributed by atoms with van der Waals surface area (Å²) in [5.41, 5.74) is 7.05. The fraction of sp³-hybridized carbons (Fsp3) is 0.438. The lowest BCUT2D eigenvalue weighted by atomic mass is 9.96. The topological polar surface area (TPSA) is 115 Å². The zero-order valence-corrected chi connectivity index (χ0v) is 27.0. The van der Waals surface area contributed by atoms with E-state index in [0.29, 0.717) is 15.8 Å². The number of halogens is 3. The molecule has 4 N–H and O–H groups in total. The van der Waals surface area contributed by atoms with Crippen molar-refractivity contribution >= 4 is 39.4 Å². The fourth-order valence-electron chi connectivity index (χ4n) is 3.97. The van der Waals surface area contributed by atoms with Crippen molar-refractivity contribution in [2.75, 3.05) is 25.5 Å². The van der Waals surface area contributed by atoms with Gasteiger partial charge in [0.05, 0.1) is 16.6 Å². The van der Waals surface area contributed by atoms with E-state index in [1.165, 1.54) is 35.4 Å². The summed E-state index contributed by atoms with van der Waals surface area (Å²) in [6.07, 6.45) is 1.94. The number of fused-ring (bicyclic) bond motifs is 2. The van der Waals surface area contributed by atoms with Gasteiger partial charge in [-0.1, -0.05) is 45.9 Å². The molecule has 1 aliphatic carbocycles. The summed E-state index contributed by atoms with van der Waals surface area (Å²) in [6, 6.07) is 12.4. The highest BCUT2D eigenvalue weighted by molar-refractivity contribution is 7.20. The van der Waals surface area contributed by atoms with E-state index in [0.717, 1.165) is 60.6 Å². The number of amides is 1. The number of anilines is 1. The van der Waals surface area contributed by atoms with Gasteiger partial charge in [0, 0.05) is 36.9 Å². The van der Waals surface area contributed by atoms with Crippen molar-refractivity contribution in [1.82, 2.24) is 20.1 Å². The smallest absolute Gasteiger partial charge is 0.329 e. The van der Waals surface area contributed by atoms with Crippen LogP contribution in [0.4, 0.5) is 18.9 Å². The first-order valence-electron chi connectivity index (χ1n) is 14.4. The van der Waals surface area contributed by atoms with Gasteiger partial charge in [0.2, 0.25) is 0 Å². The molecule has 4 aromatic rings. The molecule has 0 atom stereocenters. The molecule has 1 amide bonds. The summed E-state index contributed by atoms with van der Waals surface area (Å²) in [4.78, 5) is 28.9. The van der Waals surface area contributed by atoms with Crippen LogP contribution in [0.25, 0.3) is 10.2 Å². The summed E-state index contributed by atoms with van der Waals surface area (Å²) in [5, 5.41) is 9.89. The number of likely N-dealkylation sites (N-methyl/N-ethyl adjacent to an activating group) is 1. The number of carbonyl (C=O) groups is 2. The Morgan fingerprint density at radius 2 is 1.73 bits per heavy atom. The molecule has 0 bridgehead atoms. The number of para-hydroxylation sites is 1. The average Bonchev–Trinajstić information content (AvgIpc) is 3.55. The molecular weight excluding hydrogens is 589 g/mol. The quantitative estimate of drug-likeness (QED) is 0.206. The molecule has 8 nitrogen and oxygen atoms in total. The molecule has 5 rings (SSSR count). The van der Waals surface area contributed by atoms with Crippen LogP contribution in [0, 0.1) is 5.41 Å². The number of nitrogens with zero attached hydrogens (tertiary/aromatic N) is 3. The summed E-state index contributed by atoms with van der Waals surface area (Å²) in [5.74, 6) is -0.841. The van der Waals surface area contributed by atoms with Gasteiger partial charge in [0.15, 0.2) is 12.0 Å². The minimum absolute atomic E-state index is 0.421. The van der Waals surface area contributed by atoms with Gasteiger partial charge >= 0.3 is 6.18 Å². The van der Waals surface area contributed by atoms with Gasteiger partial charge in [0.1, 0.15) is 4.83 Å². The van der Waals surface area contributed by atoms with Crippen molar-refractivity contribution in [3.8, 4) is 0 Å². The lowest BCUT2D eigenvalue weighted by Gasteiger charge is -2.13. The molecule has 0 radical (unpaired) electrons. The summed E-state index contributed by atoms with van der Waals surface area (Å²) in [6.45, 7) is 10.4. The Morgan fingerprint density at radius 1 is 1.09 bits per heavy atom. The van der Waals surface area contributed by atoms with E-state index in [9.17, 15) is 22.8 Å². The molecule has 44 heavy (non-hydrogen) atoms. The third-order valence-corrected chi connectivity index (χ3v) is 6.77. The van der Waals surface area contributed by atoms with E-state index in [-0.39, 0.29) is 0 Å². The number of thiophene rings is 1. The second-order valence-corrected chi connectivity index (χ2v) is 12.8. The van der Waals surface area contributed by atoms with Crippen molar-refractivity contribution in [1.29, 1.82) is 0 Å². The first-order valence-corrected chi connectivity index (χ1v) is 15.2. The number of nitrogens with one attached hydrogen (secondary N) is 2. The van der Waals surface area contributed by atoms with Crippen molar-refractivity contribution < 1.29 is 22.8 Å². The maximum absolute atomic E-state index is 12.8. The number of hydrogen-bond acceptors (Lipinski definition) is 7. The Kier molecular flexibility index (Phi) is 14.2. The Morgan fingerprint density at radius 3 is 2.27 bits per heavy atom. The predicted molar refractivity (Wildman–Crippen MR) is 172 cm³/mol. The number of hydrogen-bond donors (Lipinski definition) is 3. The lowest BCUT2D eigenvalue weighted by Crippen LogP contribution is -2.20. The Balaban J connectivity index is 0.000000239. The van der Waals surface area contributed by atoms with Crippen LogP contribution in [0.2, 0.25) is 0 Å². The van der Waals surface area contributed by atoms with E-state index in [4.69, 9.17) is 5.73 Å². The summed E-state index contributed by atoms with van der Waals surface area (Å²) in [7, 11) is 3.02. The van der Waals surface area contributed by atoms with Crippen LogP contribution >= 0.6 is 11.3 Å². The molecule has 0 spiro atoms. The van der Waals surface area contributed by atoms with E-state index < -0.39 is 23.3 Å². The number of carbonyl (C=O) groups excluding carboxylic acids is 2. The third-order valence-electron chi connectivity index (χ3n) is 5.80. The van der Waals surface area contributed by atoms with Crippen molar-refractivity contribution in [3.63, 3.8) is 0 Å². The average molecular weight is 633 g/mol. The van der Waals surface area contributed by atoms with Crippen LogP contribution in [0.1, 0.15) is 77.5 Å². The van der Waals surface area contributed by atoms with Crippen LogP contribution in [-0.4, -0.2) is 47.1 Å². The largest absolute Gasteiger partial charge is 0.433 e. The van der Waals surface area contributed by atoms with Gasteiger partial charge in [-0.05, 0) is 68.0 Å². The van der Waals surface area contributed by atoms with E-state index in [1.807, 2.05) is 13.1 Å². The molecule has 3 aromatic heterocycles. The number of rotatable bonds is 5. The molecule has 0 saturated heterocycles. The molecule has 0 fully saturated rings. The molecule has 1 aromatic carbocycles. The molecular formula is C32H43F3N6O2S. The highest BCUT2D eigenvalue weighted by Crippen LogP contribution is 2.32. The van der Waals surface area contributed by atoms with Crippen molar-refractivity contribution in [2.45, 2.75) is 59.6 Å². The normalized spacial score (nSPS) is 12.4. The SMILES string of the molecule is CC(C)(C)C.CNCCN.Cn1ncc(C(=O)Nc2ccccc2)c1C(F)(F)F.O=Cc1cc2cc3c(nc2s1)CCCC3. The van der Waals surface area contributed by atoms with Crippen LogP contribution in [0.5, 0.6) is 0 Å². The molecule has 1 aliphatic rings. The molecule has 0 unspecified atom stereocenters. The van der Waals surface area contributed by atoms with Gasteiger partial charge in [-0.25, -0.2) is 4.98 Å². The number of nitrogens with two attached hydrogens (primary N) is 1. The van der Waals surface area contributed by atoms with Gasteiger partial charge in [0.25, 0.3) is 5.91 Å². The van der Waals surface area contributed by atoms with Crippen LogP contribution in [0.15, 0.2) is 48.7 Å².